The van der Waals surface area contributed by atoms with Gasteiger partial charge in [0, 0.05) is 52.4 Å². The van der Waals surface area contributed by atoms with E-state index in [4.69, 9.17) is 18.9 Å². The maximum atomic E-state index is 11.9. The molecule has 0 aromatic heterocycles. The molecule has 0 saturated heterocycles. The van der Waals surface area contributed by atoms with Crippen LogP contribution >= 0.6 is 0 Å². The number of phenols is 8. The standard InChI is InChI=1S/C32H30O14/c1-43-31-18(37)3-11(4-19(31)38)28-22(41)9-14-15(34)10-17(36)25(30(14)46-28)26-24-16(35)7-13(33)8-23(24)45-29(27(26)42)12-5-20(39)32(44-2)21(40)6-12/h3-8,10,22,26-29,33-42H,9H2,1-2H3/t22-,26-,27-,28+,29+/m0/s1. The first-order valence-electron chi connectivity index (χ1n) is 13.9. The smallest absolute Gasteiger partial charge is 0.202 e. The molecule has 0 unspecified atom stereocenters. The Balaban J connectivity index is 1.55. The van der Waals surface area contributed by atoms with Crippen LogP contribution in [-0.4, -0.2) is 77.5 Å². The molecular formula is C32H30O14. The number of methoxy groups -OCH3 is 2. The van der Waals surface area contributed by atoms with Crippen LogP contribution in [0, 0.1) is 0 Å². The summed E-state index contributed by atoms with van der Waals surface area (Å²) in [6, 6.07) is 7.88. The van der Waals surface area contributed by atoms with Gasteiger partial charge in [-0.15, -0.1) is 0 Å². The lowest BCUT2D eigenvalue weighted by Crippen LogP contribution is -2.36. The highest BCUT2D eigenvalue weighted by molar-refractivity contribution is 5.66. The monoisotopic (exact) mass is 638 g/mol. The van der Waals surface area contributed by atoms with E-state index in [-0.39, 0.29) is 57.2 Å². The minimum absolute atomic E-state index is 0.0355. The molecule has 0 radical (unpaired) electrons. The Bertz CT molecular complexity index is 1810. The van der Waals surface area contributed by atoms with Crippen LogP contribution in [0.5, 0.6) is 69.0 Å². The summed E-state index contributed by atoms with van der Waals surface area (Å²) in [6.45, 7) is 0. The average Bonchev–Trinajstić information content (AvgIpc) is 2.97. The number of aromatic hydroxyl groups is 8. The Morgan fingerprint density at radius 3 is 1.65 bits per heavy atom. The van der Waals surface area contributed by atoms with E-state index in [9.17, 15) is 51.1 Å². The molecular weight excluding hydrogens is 608 g/mol. The fourth-order valence-electron chi connectivity index (χ4n) is 6.26. The molecule has 0 fully saturated rings. The largest absolute Gasteiger partial charge is 0.508 e. The molecule has 4 aromatic carbocycles. The Kier molecular flexibility index (Phi) is 7.33. The van der Waals surface area contributed by atoms with E-state index in [1.807, 2.05) is 0 Å². The van der Waals surface area contributed by atoms with Crippen LogP contribution in [0.4, 0.5) is 0 Å². The molecule has 14 nitrogen and oxygen atoms in total. The molecule has 14 heteroatoms. The van der Waals surface area contributed by atoms with Gasteiger partial charge in [0.1, 0.15) is 40.6 Å². The third-order valence-electron chi connectivity index (χ3n) is 8.23. The quantitative estimate of drug-likeness (QED) is 0.151. The van der Waals surface area contributed by atoms with E-state index in [0.717, 1.165) is 18.2 Å². The van der Waals surface area contributed by atoms with Gasteiger partial charge in [-0.2, -0.15) is 0 Å². The van der Waals surface area contributed by atoms with Crippen molar-refractivity contribution >= 4 is 0 Å². The van der Waals surface area contributed by atoms with Crippen LogP contribution in [0.15, 0.2) is 42.5 Å². The normalized spacial score (nSPS) is 21.8. The summed E-state index contributed by atoms with van der Waals surface area (Å²) >= 11 is 0. The summed E-state index contributed by atoms with van der Waals surface area (Å²) in [5.41, 5.74) is -0.0551. The number of aliphatic hydroxyl groups is 2. The predicted octanol–water partition coefficient (Wildman–Crippen LogP) is 3.01. The van der Waals surface area contributed by atoms with Crippen LogP contribution in [0.1, 0.15) is 45.9 Å². The molecule has 0 amide bonds. The number of hydrogen-bond donors (Lipinski definition) is 10. The zero-order chi connectivity index (χ0) is 33.2. The Morgan fingerprint density at radius 1 is 0.587 bits per heavy atom. The molecule has 4 aromatic rings. The second-order valence-corrected chi connectivity index (χ2v) is 11.0. The molecule has 5 atom stereocenters. The minimum Gasteiger partial charge on any atom is -0.508 e. The lowest BCUT2D eigenvalue weighted by molar-refractivity contribution is 0.00106. The zero-order valence-electron chi connectivity index (χ0n) is 24.2. The summed E-state index contributed by atoms with van der Waals surface area (Å²) in [4.78, 5) is 0. The lowest BCUT2D eigenvalue weighted by atomic mass is 9.77. The molecule has 10 N–H and O–H groups in total. The first-order chi connectivity index (χ1) is 21.8. The molecule has 2 aliphatic heterocycles. The maximum absolute atomic E-state index is 11.9. The van der Waals surface area contributed by atoms with Crippen molar-refractivity contribution in [1.29, 1.82) is 0 Å². The number of phenolic OH excluding ortho intramolecular Hbond substituents is 8. The van der Waals surface area contributed by atoms with E-state index in [1.54, 1.807) is 0 Å². The van der Waals surface area contributed by atoms with Crippen molar-refractivity contribution in [2.24, 2.45) is 0 Å². The molecule has 0 bridgehead atoms. The van der Waals surface area contributed by atoms with Crippen molar-refractivity contribution in [3.8, 4) is 69.0 Å². The first kappa shape index (κ1) is 30.4. The highest BCUT2D eigenvalue weighted by Gasteiger charge is 2.46. The lowest BCUT2D eigenvalue weighted by Gasteiger charge is -2.40. The number of aliphatic hydroxyl groups excluding tert-OH is 2. The molecule has 0 spiro atoms. The first-order valence-corrected chi connectivity index (χ1v) is 13.9. The third kappa shape index (κ3) is 4.74. The third-order valence-corrected chi connectivity index (χ3v) is 8.23. The highest BCUT2D eigenvalue weighted by Crippen LogP contribution is 2.57. The van der Waals surface area contributed by atoms with Crippen molar-refractivity contribution in [1.82, 2.24) is 0 Å². The van der Waals surface area contributed by atoms with Crippen LogP contribution in [0.3, 0.4) is 0 Å². The predicted molar refractivity (Wildman–Crippen MR) is 156 cm³/mol. The molecule has 6 rings (SSSR count). The van der Waals surface area contributed by atoms with Crippen molar-refractivity contribution < 1.29 is 70.0 Å². The maximum Gasteiger partial charge on any atom is 0.202 e. The van der Waals surface area contributed by atoms with Gasteiger partial charge in [0.05, 0.1) is 26.2 Å². The molecule has 2 heterocycles. The van der Waals surface area contributed by atoms with Crippen LogP contribution in [-0.2, 0) is 6.42 Å². The van der Waals surface area contributed by atoms with Gasteiger partial charge < -0.3 is 70.0 Å². The summed E-state index contributed by atoms with van der Waals surface area (Å²) in [7, 11) is 2.47. The van der Waals surface area contributed by atoms with Gasteiger partial charge in [0.2, 0.25) is 11.5 Å². The molecule has 0 saturated carbocycles. The van der Waals surface area contributed by atoms with Gasteiger partial charge in [-0.3, -0.25) is 0 Å². The number of hydrogen-bond acceptors (Lipinski definition) is 14. The second-order valence-electron chi connectivity index (χ2n) is 11.0. The SMILES string of the molecule is COc1c(O)cc([C@H]2Oc3cc(O)cc(O)c3[C@@H](c3c(O)cc(O)c4c3O[C@H](c3cc(O)c(OC)c(O)c3)[C@@H](O)C4)[C@@H]2O)cc1O. The molecule has 242 valence electrons. The fourth-order valence-corrected chi connectivity index (χ4v) is 6.26. The topological polar surface area (TPSA) is 239 Å². The van der Waals surface area contributed by atoms with Gasteiger partial charge in [-0.25, -0.2) is 0 Å². The van der Waals surface area contributed by atoms with Crippen molar-refractivity contribution in [2.45, 2.75) is 36.8 Å². The summed E-state index contributed by atoms with van der Waals surface area (Å²) < 4.78 is 22.1. The van der Waals surface area contributed by atoms with Gasteiger partial charge in [-0.05, 0) is 24.3 Å². The summed E-state index contributed by atoms with van der Waals surface area (Å²) in [5, 5.41) is 108. The summed E-state index contributed by atoms with van der Waals surface area (Å²) in [6.07, 6.45) is -5.96. The van der Waals surface area contributed by atoms with E-state index in [1.165, 1.54) is 38.5 Å². The number of ether oxygens (including phenoxy) is 4. The van der Waals surface area contributed by atoms with Crippen molar-refractivity contribution in [3.63, 3.8) is 0 Å². The summed E-state index contributed by atoms with van der Waals surface area (Å²) in [5.74, 6) is -6.03. The average molecular weight is 639 g/mol. The van der Waals surface area contributed by atoms with Crippen molar-refractivity contribution in [2.75, 3.05) is 14.2 Å². The Labute approximate surface area is 260 Å². The molecule has 46 heavy (non-hydrogen) atoms. The molecule has 2 aliphatic rings. The zero-order valence-corrected chi connectivity index (χ0v) is 24.2. The van der Waals surface area contributed by atoms with E-state index in [2.05, 4.69) is 0 Å². The second kappa shape index (κ2) is 11.1. The van der Waals surface area contributed by atoms with Crippen molar-refractivity contribution in [3.05, 3.63) is 70.3 Å². The number of benzene rings is 4. The Hall–Kier alpha value is -5.60. The highest BCUT2D eigenvalue weighted by atomic mass is 16.5. The van der Waals surface area contributed by atoms with Crippen LogP contribution < -0.4 is 18.9 Å². The Morgan fingerprint density at radius 2 is 1.11 bits per heavy atom. The van der Waals surface area contributed by atoms with Crippen LogP contribution in [0.25, 0.3) is 0 Å². The number of rotatable bonds is 5. The van der Waals surface area contributed by atoms with Gasteiger partial charge in [0.25, 0.3) is 0 Å². The van der Waals surface area contributed by atoms with E-state index >= 15 is 0 Å². The molecule has 0 aliphatic carbocycles. The van der Waals surface area contributed by atoms with E-state index < -0.39 is 76.3 Å². The van der Waals surface area contributed by atoms with Gasteiger partial charge in [-0.1, -0.05) is 0 Å². The van der Waals surface area contributed by atoms with E-state index in [0.29, 0.717) is 0 Å². The van der Waals surface area contributed by atoms with Crippen LogP contribution in [0.2, 0.25) is 0 Å². The fraction of sp³-hybridized carbons (Fsp3) is 0.250. The number of fused-ring (bicyclic) bond motifs is 2. The van der Waals surface area contributed by atoms with Gasteiger partial charge >= 0.3 is 0 Å². The minimum atomic E-state index is -1.70. The van der Waals surface area contributed by atoms with Gasteiger partial charge in [0.15, 0.2) is 35.2 Å².